The molecule has 9 heteroatoms. The molecule has 0 fully saturated rings. The first-order valence-corrected chi connectivity index (χ1v) is 10.6. The monoisotopic (exact) mass is 449 g/mol. The fourth-order valence-electron chi connectivity index (χ4n) is 4.11. The van der Waals surface area contributed by atoms with Gasteiger partial charge in [-0.3, -0.25) is 14.2 Å². The SMILES string of the molecule is CC1(C)OCCn2c1nc(C(=O)NCc1ccccc1-c1ccc3c(c1)OCO3)c(O)c2=O. The second-order valence-electron chi connectivity index (χ2n) is 8.36. The number of hydrogen-bond acceptors (Lipinski definition) is 7. The summed E-state index contributed by atoms with van der Waals surface area (Å²) in [6.07, 6.45) is 0. The summed E-state index contributed by atoms with van der Waals surface area (Å²) < 4.78 is 17.9. The number of ether oxygens (including phenoxy) is 3. The third-order valence-corrected chi connectivity index (χ3v) is 5.82. The number of nitrogens with one attached hydrogen (secondary N) is 1. The average Bonchev–Trinajstić information content (AvgIpc) is 3.28. The third-order valence-electron chi connectivity index (χ3n) is 5.82. The van der Waals surface area contributed by atoms with Crippen LogP contribution in [0.5, 0.6) is 17.2 Å². The van der Waals surface area contributed by atoms with Gasteiger partial charge in [0.05, 0.1) is 13.2 Å². The highest BCUT2D eigenvalue weighted by Gasteiger charge is 2.34. The van der Waals surface area contributed by atoms with Crippen molar-refractivity contribution >= 4 is 5.91 Å². The van der Waals surface area contributed by atoms with Gasteiger partial charge < -0.3 is 24.6 Å². The molecule has 2 aromatic carbocycles. The van der Waals surface area contributed by atoms with Crippen LogP contribution in [0.25, 0.3) is 11.1 Å². The molecule has 1 aromatic heterocycles. The van der Waals surface area contributed by atoms with Gasteiger partial charge in [0.25, 0.3) is 11.5 Å². The van der Waals surface area contributed by atoms with E-state index in [9.17, 15) is 14.7 Å². The molecule has 2 aliphatic heterocycles. The Kier molecular flexibility index (Phi) is 5.05. The number of aromatic hydroxyl groups is 1. The quantitative estimate of drug-likeness (QED) is 0.630. The standard InChI is InChI=1S/C24H23N3O6/c1-24(2)23-26-19(20(28)22(30)27(23)9-10-33-24)21(29)25-12-15-5-3-4-6-16(15)14-7-8-17-18(11-14)32-13-31-17/h3-8,11,28H,9-10,12-13H2,1-2H3,(H,25,29). The molecule has 9 nitrogen and oxygen atoms in total. The first-order valence-electron chi connectivity index (χ1n) is 10.6. The number of nitrogens with zero attached hydrogens (tertiary/aromatic N) is 2. The zero-order chi connectivity index (χ0) is 23.2. The molecule has 0 saturated carbocycles. The zero-order valence-corrected chi connectivity index (χ0v) is 18.3. The highest BCUT2D eigenvalue weighted by Crippen LogP contribution is 2.36. The first-order chi connectivity index (χ1) is 15.8. The van der Waals surface area contributed by atoms with E-state index in [0.717, 1.165) is 16.7 Å². The van der Waals surface area contributed by atoms with E-state index in [1.807, 2.05) is 42.5 Å². The van der Waals surface area contributed by atoms with Crippen molar-refractivity contribution in [3.8, 4) is 28.4 Å². The maximum atomic E-state index is 12.9. The van der Waals surface area contributed by atoms with Gasteiger partial charge in [-0.15, -0.1) is 0 Å². The van der Waals surface area contributed by atoms with Crippen molar-refractivity contribution in [2.45, 2.75) is 32.5 Å². The van der Waals surface area contributed by atoms with Gasteiger partial charge in [-0.25, -0.2) is 4.98 Å². The number of hydrogen-bond donors (Lipinski definition) is 2. The molecule has 0 saturated heterocycles. The van der Waals surface area contributed by atoms with Crippen LogP contribution in [0, 0.1) is 0 Å². The summed E-state index contributed by atoms with van der Waals surface area (Å²) in [5, 5.41) is 13.2. The topological polar surface area (TPSA) is 112 Å². The lowest BCUT2D eigenvalue weighted by Gasteiger charge is -2.32. The fourth-order valence-corrected chi connectivity index (χ4v) is 4.11. The van der Waals surface area contributed by atoms with E-state index in [0.29, 0.717) is 23.9 Å². The van der Waals surface area contributed by atoms with Gasteiger partial charge in [0.15, 0.2) is 17.2 Å². The third kappa shape index (κ3) is 3.70. The van der Waals surface area contributed by atoms with Crippen molar-refractivity contribution in [1.29, 1.82) is 0 Å². The van der Waals surface area contributed by atoms with Gasteiger partial charge in [-0.05, 0) is 42.7 Å². The van der Waals surface area contributed by atoms with Crippen molar-refractivity contribution in [1.82, 2.24) is 14.9 Å². The molecule has 0 aliphatic carbocycles. The van der Waals surface area contributed by atoms with Gasteiger partial charge in [0.1, 0.15) is 11.4 Å². The van der Waals surface area contributed by atoms with Crippen LogP contribution in [-0.4, -0.2) is 34.0 Å². The maximum Gasteiger partial charge on any atom is 0.296 e. The lowest BCUT2D eigenvalue weighted by molar-refractivity contribution is -0.0566. The number of aromatic nitrogens is 2. The molecule has 0 unspecified atom stereocenters. The van der Waals surface area contributed by atoms with Gasteiger partial charge in [0, 0.05) is 6.54 Å². The second kappa shape index (κ2) is 7.93. The normalized spacial score (nSPS) is 15.7. The van der Waals surface area contributed by atoms with E-state index in [-0.39, 0.29) is 25.6 Å². The number of carbonyl (C=O) groups excluding carboxylic acids is 1. The lowest BCUT2D eigenvalue weighted by atomic mass is 9.99. The highest BCUT2D eigenvalue weighted by molar-refractivity contribution is 5.94. The zero-order valence-electron chi connectivity index (χ0n) is 18.3. The summed E-state index contributed by atoms with van der Waals surface area (Å²) in [6.45, 7) is 4.49. The number of rotatable bonds is 4. The van der Waals surface area contributed by atoms with Crippen LogP contribution >= 0.6 is 0 Å². The number of benzene rings is 2. The van der Waals surface area contributed by atoms with Gasteiger partial charge in [0.2, 0.25) is 12.5 Å². The largest absolute Gasteiger partial charge is 0.501 e. The Balaban J connectivity index is 1.42. The van der Waals surface area contributed by atoms with Gasteiger partial charge in [-0.1, -0.05) is 30.3 Å². The fraction of sp³-hybridized carbons (Fsp3) is 0.292. The van der Waals surface area contributed by atoms with Crippen molar-refractivity contribution < 1.29 is 24.1 Å². The summed E-state index contributed by atoms with van der Waals surface area (Å²) in [6, 6.07) is 13.3. The van der Waals surface area contributed by atoms with Crippen molar-refractivity contribution in [3.63, 3.8) is 0 Å². The summed E-state index contributed by atoms with van der Waals surface area (Å²) in [7, 11) is 0. The molecule has 0 radical (unpaired) electrons. The average molecular weight is 449 g/mol. The van der Waals surface area contributed by atoms with Crippen LogP contribution in [-0.2, 0) is 23.4 Å². The molecule has 2 aliphatic rings. The summed E-state index contributed by atoms with van der Waals surface area (Å²) in [4.78, 5) is 29.9. The van der Waals surface area contributed by atoms with Crippen LogP contribution in [0.15, 0.2) is 47.3 Å². The van der Waals surface area contributed by atoms with E-state index >= 15 is 0 Å². The van der Waals surface area contributed by atoms with Crippen molar-refractivity contribution in [2.24, 2.45) is 0 Å². The van der Waals surface area contributed by atoms with Gasteiger partial charge >= 0.3 is 0 Å². The second-order valence-corrected chi connectivity index (χ2v) is 8.36. The molecule has 170 valence electrons. The predicted octanol–water partition coefficient (Wildman–Crippen LogP) is 2.54. The Morgan fingerprint density at radius 1 is 1.18 bits per heavy atom. The first kappa shape index (κ1) is 21.0. The van der Waals surface area contributed by atoms with Crippen molar-refractivity contribution in [2.75, 3.05) is 13.4 Å². The highest BCUT2D eigenvalue weighted by atomic mass is 16.7. The molecule has 1 amide bonds. The summed E-state index contributed by atoms with van der Waals surface area (Å²) >= 11 is 0. The maximum absolute atomic E-state index is 12.9. The minimum absolute atomic E-state index is 0.170. The molecule has 3 aromatic rings. The molecular weight excluding hydrogens is 426 g/mol. The molecule has 0 spiro atoms. The van der Waals surface area contributed by atoms with Crippen LogP contribution < -0.4 is 20.3 Å². The molecule has 33 heavy (non-hydrogen) atoms. The Morgan fingerprint density at radius 2 is 1.97 bits per heavy atom. The molecule has 0 atom stereocenters. The van der Waals surface area contributed by atoms with Crippen molar-refractivity contribution in [3.05, 3.63) is 69.9 Å². The molecule has 0 bridgehead atoms. The van der Waals surface area contributed by atoms with Crippen LogP contribution in [0.4, 0.5) is 0 Å². The summed E-state index contributed by atoms with van der Waals surface area (Å²) in [5.41, 5.74) is 0.853. The lowest BCUT2D eigenvalue weighted by Crippen LogP contribution is -2.42. The smallest absolute Gasteiger partial charge is 0.296 e. The Bertz CT molecular complexity index is 1310. The molecule has 2 N–H and O–H groups in total. The Labute approximate surface area is 189 Å². The molecule has 5 rings (SSSR count). The predicted molar refractivity (Wildman–Crippen MR) is 118 cm³/mol. The molecule has 3 heterocycles. The van der Waals surface area contributed by atoms with E-state index in [4.69, 9.17) is 14.2 Å². The van der Waals surface area contributed by atoms with E-state index < -0.39 is 22.8 Å². The van der Waals surface area contributed by atoms with Crippen LogP contribution in [0.3, 0.4) is 0 Å². The minimum atomic E-state index is -0.855. The Hall–Kier alpha value is -3.85. The number of fused-ring (bicyclic) bond motifs is 2. The van der Waals surface area contributed by atoms with E-state index in [2.05, 4.69) is 10.3 Å². The number of carbonyl (C=O) groups is 1. The number of amides is 1. The van der Waals surface area contributed by atoms with Crippen LogP contribution in [0.2, 0.25) is 0 Å². The van der Waals surface area contributed by atoms with E-state index in [1.54, 1.807) is 13.8 Å². The van der Waals surface area contributed by atoms with E-state index in [1.165, 1.54) is 4.57 Å². The minimum Gasteiger partial charge on any atom is -0.501 e. The Morgan fingerprint density at radius 3 is 2.82 bits per heavy atom. The molecular formula is C24H23N3O6. The van der Waals surface area contributed by atoms with Crippen LogP contribution in [0.1, 0.15) is 35.7 Å². The van der Waals surface area contributed by atoms with Gasteiger partial charge in [-0.2, -0.15) is 0 Å². The summed E-state index contributed by atoms with van der Waals surface area (Å²) in [5.74, 6) is 0.354.